The first-order valence-corrected chi connectivity index (χ1v) is 8.78. The normalized spacial score (nSPS) is 10.5. The van der Waals surface area contributed by atoms with Crippen LogP contribution in [0, 0.1) is 0 Å². The van der Waals surface area contributed by atoms with Crippen molar-refractivity contribution in [2.45, 2.75) is 12.8 Å². The number of benzene rings is 1. The number of hydrogen-bond donors (Lipinski definition) is 1. The van der Waals surface area contributed by atoms with E-state index in [1.54, 1.807) is 23.7 Å². The van der Waals surface area contributed by atoms with Crippen molar-refractivity contribution in [3.05, 3.63) is 63.7 Å². The number of carbonyl (C=O) groups excluding carboxylic acids is 1. The van der Waals surface area contributed by atoms with Gasteiger partial charge in [0.05, 0.1) is 10.7 Å². The molecule has 23 heavy (non-hydrogen) atoms. The number of anilines is 1. The lowest BCUT2D eigenvalue weighted by atomic mass is 10.2. The number of aryl methyl sites for hydroxylation is 1. The largest absolute Gasteiger partial charge is 0.326 e. The molecule has 6 heteroatoms. The summed E-state index contributed by atoms with van der Waals surface area (Å²) in [5.74, 6) is -0.00884. The van der Waals surface area contributed by atoms with Crippen molar-refractivity contribution in [3.8, 4) is 11.3 Å². The number of nitrogens with one attached hydrogen (secondary N) is 1. The lowest BCUT2D eigenvalue weighted by Gasteiger charge is -2.04. The maximum atomic E-state index is 12.0. The summed E-state index contributed by atoms with van der Waals surface area (Å²) < 4.78 is 0.987. The van der Waals surface area contributed by atoms with E-state index < -0.39 is 0 Å². The third-order valence-corrected chi connectivity index (χ3v) is 4.64. The summed E-state index contributed by atoms with van der Waals surface area (Å²) in [5, 5.41) is 5.84. The van der Waals surface area contributed by atoms with Crippen molar-refractivity contribution in [1.82, 2.24) is 9.97 Å². The number of halogens is 1. The fraction of sp³-hybridized carbons (Fsp3) is 0.118. The fourth-order valence-electron chi connectivity index (χ4n) is 2.05. The summed E-state index contributed by atoms with van der Waals surface area (Å²) in [6, 6.07) is 11.4. The average Bonchev–Trinajstić information content (AvgIpc) is 3.05. The zero-order valence-corrected chi connectivity index (χ0v) is 14.6. The molecule has 1 N–H and O–H groups in total. The fourth-order valence-corrected chi connectivity index (χ4v) is 3.12. The topological polar surface area (TPSA) is 54.9 Å². The molecule has 0 bridgehead atoms. The van der Waals surface area contributed by atoms with Gasteiger partial charge in [-0.1, -0.05) is 15.9 Å². The van der Waals surface area contributed by atoms with Crippen LogP contribution in [0.2, 0.25) is 0 Å². The zero-order chi connectivity index (χ0) is 16.1. The summed E-state index contributed by atoms with van der Waals surface area (Å²) in [5.41, 5.74) is 2.70. The zero-order valence-electron chi connectivity index (χ0n) is 12.2. The van der Waals surface area contributed by atoms with E-state index in [0.29, 0.717) is 12.8 Å². The van der Waals surface area contributed by atoms with Gasteiger partial charge in [-0.2, -0.15) is 0 Å². The van der Waals surface area contributed by atoms with E-state index in [2.05, 4.69) is 31.2 Å². The molecule has 116 valence electrons. The molecule has 0 saturated heterocycles. The highest BCUT2D eigenvalue weighted by molar-refractivity contribution is 9.10. The highest BCUT2D eigenvalue weighted by Crippen LogP contribution is 2.22. The molecular weight excluding hydrogens is 374 g/mol. The molecule has 0 atom stereocenters. The first kappa shape index (κ1) is 15.8. The van der Waals surface area contributed by atoms with Crippen LogP contribution in [0.25, 0.3) is 11.3 Å². The molecule has 2 heterocycles. The summed E-state index contributed by atoms with van der Waals surface area (Å²) in [6.07, 6.45) is 4.58. The van der Waals surface area contributed by atoms with E-state index >= 15 is 0 Å². The van der Waals surface area contributed by atoms with Crippen molar-refractivity contribution >= 4 is 38.9 Å². The third kappa shape index (κ3) is 4.46. The Bertz CT molecular complexity index is 787. The van der Waals surface area contributed by atoms with Crippen LogP contribution in [0.3, 0.4) is 0 Å². The van der Waals surface area contributed by atoms with Crippen molar-refractivity contribution in [2.24, 2.45) is 0 Å². The highest BCUT2D eigenvalue weighted by Gasteiger charge is 2.08. The molecule has 0 radical (unpaired) electrons. The van der Waals surface area contributed by atoms with Crippen molar-refractivity contribution < 1.29 is 4.79 Å². The van der Waals surface area contributed by atoms with Gasteiger partial charge < -0.3 is 5.32 Å². The maximum absolute atomic E-state index is 12.0. The second kappa shape index (κ2) is 7.48. The van der Waals surface area contributed by atoms with Gasteiger partial charge in [-0.25, -0.2) is 4.98 Å². The van der Waals surface area contributed by atoms with Crippen LogP contribution in [-0.4, -0.2) is 15.9 Å². The Balaban J connectivity index is 1.55. The van der Waals surface area contributed by atoms with E-state index in [9.17, 15) is 4.79 Å². The van der Waals surface area contributed by atoms with E-state index in [1.165, 1.54) is 0 Å². The quantitative estimate of drug-likeness (QED) is 0.698. The van der Waals surface area contributed by atoms with Crippen LogP contribution in [0.1, 0.15) is 11.4 Å². The summed E-state index contributed by atoms with van der Waals surface area (Å²) in [6.45, 7) is 0. The molecule has 1 amide bonds. The maximum Gasteiger partial charge on any atom is 0.224 e. The first-order chi connectivity index (χ1) is 11.2. The third-order valence-electron chi connectivity index (χ3n) is 3.20. The number of carbonyl (C=O) groups is 1. The molecule has 0 saturated carbocycles. The highest BCUT2D eigenvalue weighted by atomic mass is 79.9. The minimum atomic E-state index is -0.00884. The monoisotopic (exact) mass is 387 g/mol. The number of pyridine rings is 1. The van der Waals surface area contributed by atoms with Gasteiger partial charge in [0.1, 0.15) is 0 Å². The summed E-state index contributed by atoms with van der Waals surface area (Å²) in [4.78, 5) is 20.6. The Morgan fingerprint density at radius 1 is 1.22 bits per heavy atom. The van der Waals surface area contributed by atoms with Gasteiger partial charge in [0.25, 0.3) is 0 Å². The molecule has 0 aliphatic heterocycles. The number of aromatic nitrogens is 2. The van der Waals surface area contributed by atoms with Crippen LogP contribution in [-0.2, 0) is 11.2 Å². The van der Waals surface area contributed by atoms with Gasteiger partial charge in [-0.3, -0.25) is 9.78 Å². The summed E-state index contributed by atoms with van der Waals surface area (Å²) >= 11 is 4.94. The lowest BCUT2D eigenvalue weighted by Crippen LogP contribution is -2.12. The number of amides is 1. The smallest absolute Gasteiger partial charge is 0.224 e. The van der Waals surface area contributed by atoms with Crippen molar-refractivity contribution in [3.63, 3.8) is 0 Å². The minimum absolute atomic E-state index is 0.00884. The van der Waals surface area contributed by atoms with Crippen LogP contribution < -0.4 is 5.32 Å². The molecule has 1 aromatic carbocycles. The Hall–Kier alpha value is -2.05. The second-order valence-corrected chi connectivity index (χ2v) is 6.78. The van der Waals surface area contributed by atoms with Crippen LogP contribution in [0.4, 0.5) is 5.69 Å². The molecule has 3 rings (SSSR count). The number of thiazole rings is 1. The minimum Gasteiger partial charge on any atom is -0.326 e. The van der Waals surface area contributed by atoms with E-state index in [1.807, 2.05) is 41.8 Å². The molecule has 0 aliphatic carbocycles. The van der Waals surface area contributed by atoms with Gasteiger partial charge in [0, 0.05) is 46.3 Å². The lowest BCUT2D eigenvalue weighted by molar-refractivity contribution is -0.116. The Morgan fingerprint density at radius 2 is 2.04 bits per heavy atom. The van der Waals surface area contributed by atoms with Gasteiger partial charge in [0.2, 0.25) is 5.91 Å². The molecule has 0 unspecified atom stereocenters. The van der Waals surface area contributed by atoms with Crippen molar-refractivity contribution in [2.75, 3.05) is 5.32 Å². The predicted molar refractivity (Wildman–Crippen MR) is 96.4 cm³/mol. The van der Waals surface area contributed by atoms with E-state index in [0.717, 1.165) is 26.4 Å². The van der Waals surface area contributed by atoms with Crippen molar-refractivity contribution in [1.29, 1.82) is 0 Å². The van der Waals surface area contributed by atoms with Gasteiger partial charge in [-0.15, -0.1) is 11.3 Å². The molecule has 0 fully saturated rings. The first-order valence-electron chi connectivity index (χ1n) is 7.11. The van der Waals surface area contributed by atoms with E-state index in [-0.39, 0.29) is 5.91 Å². The van der Waals surface area contributed by atoms with Gasteiger partial charge in [-0.05, 0) is 36.4 Å². The SMILES string of the molecule is O=C(CCc1nc(-c2cccnc2)cs1)Nc1ccc(Br)cc1. The second-order valence-electron chi connectivity index (χ2n) is 4.92. The van der Waals surface area contributed by atoms with Crippen LogP contribution >= 0.6 is 27.3 Å². The van der Waals surface area contributed by atoms with Crippen LogP contribution in [0.15, 0.2) is 58.6 Å². The van der Waals surface area contributed by atoms with Crippen LogP contribution in [0.5, 0.6) is 0 Å². The Labute approximate surface area is 146 Å². The molecule has 2 aromatic heterocycles. The molecule has 3 aromatic rings. The summed E-state index contributed by atoms with van der Waals surface area (Å²) in [7, 11) is 0. The standard InChI is InChI=1S/C17H14BrN3OS/c18-13-3-5-14(6-4-13)20-16(22)7-8-17-21-15(11-23-17)12-2-1-9-19-10-12/h1-6,9-11H,7-8H2,(H,20,22). The number of rotatable bonds is 5. The average molecular weight is 388 g/mol. The van der Waals surface area contributed by atoms with Gasteiger partial charge in [0.15, 0.2) is 0 Å². The molecular formula is C17H14BrN3OS. The number of hydrogen-bond acceptors (Lipinski definition) is 4. The van der Waals surface area contributed by atoms with E-state index in [4.69, 9.17) is 0 Å². The molecule has 0 aliphatic rings. The molecule has 0 spiro atoms. The predicted octanol–water partition coefficient (Wildman–Crippen LogP) is 4.54. The number of nitrogens with zero attached hydrogens (tertiary/aromatic N) is 2. The molecule has 4 nitrogen and oxygen atoms in total. The Kier molecular flexibility index (Phi) is 5.15. The Morgan fingerprint density at radius 3 is 2.78 bits per heavy atom. The van der Waals surface area contributed by atoms with Gasteiger partial charge >= 0.3 is 0 Å².